The van der Waals surface area contributed by atoms with Gasteiger partial charge in [-0.3, -0.25) is 0 Å². The fourth-order valence-electron chi connectivity index (χ4n) is 3.02. The molecule has 0 unspecified atom stereocenters. The van der Waals surface area contributed by atoms with Gasteiger partial charge in [-0.25, -0.2) is 9.97 Å². The van der Waals surface area contributed by atoms with Crippen LogP contribution in [-0.2, 0) is 0 Å². The molecule has 21 heavy (non-hydrogen) atoms. The largest absolute Gasteiger partial charge is 0.327 e. The Morgan fingerprint density at radius 1 is 1.38 bits per heavy atom. The van der Waals surface area contributed by atoms with Gasteiger partial charge in [0.05, 0.1) is 0 Å². The van der Waals surface area contributed by atoms with Gasteiger partial charge in [0, 0.05) is 30.2 Å². The lowest BCUT2D eigenvalue weighted by atomic mass is 9.97. The monoisotopic (exact) mass is 306 g/mol. The lowest BCUT2D eigenvalue weighted by Crippen LogP contribution is -2.38. The van der Waals surface area contributed by atoms with E-state index in [2.05, 4.69) is 33.0 Å². The van der Waals surface area contributed by atoms with Gasteiger partial charge < -0.3 is 9.88 Å². The number of halogens is 1. The summed E-state index contributed by atoms with van der Waals surface area (Å²) in [5.41, 5.74) is 2.01. The van der Waals surface area contributed by atoms with E-state index in [4.69, 9.17) is 0 Å². The Balaban J connectivity index is 0.00000161. The van der Waals surface area contributed by atoms with Crippen LogP contribution in [0.15, 0.2) is 30.6 Å². The molecule has 1 N–H and O–H groups in total. The summed E-state index contributed by atoms with van der Waals surface area (Å²) in [6, 6.07) is 7.27. The van der Waals surface area contributed by atoms with Crippen LogP contribution in [0.2, 0.25) is 0 Å². The van der Waals surface area contributed by atoms with Crippen molar-refractivity contribution in [2.24, 2.45) is 0 Å². The van der Waals surface area contributed by atoms with Crippen LogP contribution < -0.4 is 5.32 Å². The number of rotatable bonds is 3. The molecule has 0 bridgehead atoms. The number of imidazole rings is 1. The van der Waals surface area contributed by atoms with Gasteiger partial charge in [0.25, 0.3) is 0 Å². The van der Waals surface area contributed by atoms with E-state index >= 15 is 0 Å². The normalized spacial score (nSPS) is 21.8. The van der Waals surface area contributed by atoms with Gasteiger partial charge >= 0.3 is 0 Å². The Labute approximate surface area is 132 Å². The van der Waals surface area contributed by atoms with Crippen molar-refractivity contribution in [1.82, 2.24) is 19.9 Å². The lowest BCUT2D eigenvalue weighted by Gasteiger charge is -2.31. The minimum atomic E-state index is 0. The summed E-state index contributed by atoms with van der Waals surface area (Å²) in [4.78, 5) is 9.15. The number of piperidine rings is 1. The molecule has 2 atom stereocenters. The second-order valence-electron chi connectivity index (χ2n) is 5.56. The zero-order valence-corrected chi connectivity index (χ0v) is 13.4. The highest BCUT2D eigenvalue weighted by Gasteiger charge is 2.23. The summed E-state index contributed by atoms with van der Waals surface area (Å²) in [7, 11) is 0. The molecular formula is C16H23ClN4. The molecule has 5 heteroatoms. The van der Waals surface area contributed by atoms with Gasteiger partial charge in [0.1, 0.15) is 5.69 Å². The second kappa shape index (κ2) is 7.05. The van der Waals surface area contributed by atoms with Crippen molar-refractivity contribution >= 4 is 12.4 Å². The molecule has 3 heterocycles. The molecule has 1 saturated heterocycles. The van der Waals surface area contributed by atoms with E-state index in [0.29, 0.717) is 12.1 Å². The molecule has 1 fully saturated rings. The SMILES string of the molecule is CC[C@@H]1C[C@H](n2ccnc2-c2cccc(C)n2)CCN1.Cl. The maximum absolute atomic E-state index is 4.61. The van der Waals surface area contributed by atoms with Crippen molar-refractivity contribution in [2.45, 2.75) is 45.2 Å². The first-order valence-electron chi connectivity index (χ1n) is 7.48. The van der Waals surface area contributed by atoms with Gasteiger partial charge in [-0.05, 0) is 44.9 Å². The summed E-state index contributed by atoms with van der Waals surface area (Å²) >= 11 is 0. The van der Waals surface area contributed by atoms with E-state index in [1.165, 1.54) is 12.8 Å². The van der Waals surface area contributed by atoms with E-state index in [1.54, 1.807) is 0 Å². The van der Waals surface area contributed by atoms with Crippen LogP contribution in [0.3, 0.4) is 0 Å². The number of aryl methyl sites for hydroxylation is 1. The highest BCUT2D eigenvalue weighted by molar-refractivity contribution is 5.85. The van der Waals surface area contributed by atoms with Crippen molar-refractivity contribution < 1.29 is 0 Å². The standard InChI is InChI=1S/C16H22N4.ClH/c1-3-13-11-14(7-8-17-13)20-10-9-18-16(20)15-6-4-5-12(2)19-15;/h4-6,9-10,13-14,17H,3,7-8,11H2,1-2H3;1H/t13-,14-;/m1./s1. The molecule has 2 aromatic rings. The van der Waals surface area contributed by atoms with Gasteiger partial charge in [-0.1, -0.05) is 13.0 Å². The molecule has 0 saturated carbocycles. The number of nitrogens with zero attached hydrogens (tertiary/aromatic N) is 3. The molecule has 1 aliphatic rings. The van der Waals surface area contributed by atoms with E-state index in [9.17, 15) is 0 Å². The minimum absolute atomic E-state index is 0. The molecule has 3 rings (SSSR count). The fourth-order valence-corrected chi connectivity index (χ4v) is 3.02. The first-order valence-corrected chi connectivity index (χ1v) is 7.48. The number of nitrogens with one attached hydrogen (secondary N) is 1. The molecule has 114 valence electrons. The number of aromatic nitrogens is 3. The van der Waals surface area contributed by atoms with Crippen LogP contribution in [-0.4, -0.2) is 27.1 Å². The van der Waals surface area contributed by atoms with Gasteiger partial charge in [0.15, 0.2) is 5.82 Å². The van der Waals surface area contributed by atoms with E-state index in [-0.39, 0.29) is 12.4 Å². The Morgan fingerprint density at radius 2 is 2.24 bits per heavy atom. The van der Waals surface area contributed by atoms with Gasteiger partial charge in [-0.2, -0.15) is 0 Å². The third kappa shape index (κ3) is 3.44. The van der Waals surface area contributed by atoms with Gasteiger partial charge in [0.2, 0.25) is 0 Å². The molecular weight excluding hydrogens is 284 g/mol. The molecule has 0 aromatic carbocycles. The van der Waals surface area contributed by atoms with Crippen molar-refractivity contribution in [2.75, 3.05) is 6.54 Å². The van der Waals surface area contributed by atoms with Crippen LogP contribution in [0.25, 0.3) is 11.5 Å². The second-order valence-corrected chi connectivity index (χ2v) is 5.56. The Bertz CT molecular complexity index is 581. The maximum atomic E-state index is 4.61. The summed E-state index contributed by atoms with van der Waals surface area (Å²) in [5, 5.41) is 3.58. The average Bonchev–Trinajstić information content (AvgIpc) is 2.97. The summed E-state index contributed by atoms with van der Waals surface area (Å²) in [6.45, 7) is 5.35. The molecule has 1 aliphatic heterocycles. The predicted octanol–water partition coefficient (Wildman–Crippen LogP) is 3.38. The minimum Gasteiger partial charge on any atom is -0.327 e. The molecule has 0 aliphatic carbocycles. The zero-order chi connectivity index (χ0) is 13.9. The van der Waals surface area contributed by atoms with Crippen LogP contribution in [0.1, 0.15) is 37.9 Å². The quantitative estimate of drug-likeness (QED) is 0.945. The van der Waals surface area contributed by atoms with E-state index < -0.39 is 0 Å². The average molecular weight is 307 g/mol. The summed E-state index contributed by atoms with van der Waals surface area (Å²) in [6.07, 6.45) is 7.50. The number of hydrogen-bond acceptors (Lipinski definition) is 3. The Kier molecular flexibility index (Phi) is 5.37. The number of hydrogen-bond donors (Lipinski definition) is 1. The molecule has 4 nitrogen and oxygen atoms in total. The highest BCUT2D eigenvalue weighted by atomic mass is 35.5. The van der Waals surface area contributed by atoms with Crippen LogP contribution >= 0.6 is 12.4 Å². The highest BCUT2D eigenvalue weighted by Crippen LogP contribution is 2.27. The summed E-state index contributed by atoms with van der Waals surface area (Å²) < 4.78 is 2.31. The topological polar surface area (TPSA) is 42.7 Å². The molecule has 0 radical (unpaired) electrons. The van der Waals surface area contributed by atoms with Crippen molar-refractivity contribution in [3.8, 4) is 11.5 Å². The van der Waals surface area contributed by atoms with Crippen LogP contribution in [0, 0.1) is 6.92 Å². The van der Waals surface area contributed by atoms with Crippen molar-refractivity contribution in [1.29, 1.82) is 0 Å². The third-order valence-electron chi connectivity index (χ3n) is 4.14. The van der Waals surface area contributed by atoms with Crippen molar-refractivity contribution in [3.05, 3.63) is 36.3 Å². The zero-order valence-electron chi connectivity index (χ0n) is 12.6. The first-order chi connectivity index (χ1) is 9.78. The van der Waals surface area contributed by atoms with Crippen LogP contribution in [0.4, 0.5) is 0 Å². The van der Waals surface area contributed by atoms with E-state index in [0.717, 1.165) is 30.2 Å². The third-order valence-corrected chi connectivity index (χ3v) is 4.14. The Morgan fingerprint density at radius 3 is 3.00 bits per heavy atom. The van der Waals surface area contributed by atoms with Crippen molar-refractivity contribution in [3.63, 3.8) is 0 Å². The predicted molar refractivity (Wildman–Crippen MR) is 87.8 cm³/mol. The van der Waals surface area contributed by atoms with Gasteiger partial charge in [-0.15, -0.1) is 12.4 Å². The lowest BCUT2D eigenvalue weighted by molar-refractivity contribution is 0.297. The molecule has 0 amide bonds. The summed E-state index contributed by atoms with van der Waals surface area (Å²) in [5.74, 6) is 0.996. The number of pyridine rings is 1. The van der Waals surface area contributed by atoms with Crippen LogP contribution in [0.5, 0.6) is 0 Å². The smallest absolute Gasteiger partial charge is 0.158 e. The molecule has 0 spiro atoms. The maximum Gasteiger partial charge on any atom is 0.158 e. The first kappa shape index (κ1) is 16.0. The Hall–Kier alpha value is -1.39. The molecule has 2 aromatic heterocycles. The van der Waals surface area contributed by atoms with E-state index in [1.807, 2.05) is 31.3 Å². The fraction of sp³-hybridized carbons (Fsp3) is 0.500.